The van der Waals surface area contributed by atoms with Crippen LogP contribution < -0.4 is 10.6 Å². The lowest BCUT2D eigenvalue weighted by molar-refractivity contribution is -0.117. The Labute approximate surface area is 152 Å². The molecule has 25 heavy (non-hydrogen) atoms. The van der Waals surface area contributed by atoms with Crippen LogP contribution in [-0.4, -0.2) is 29.1 Å². The summed E-state index contributed by atoms with van der Waals surface area (Å²) < 4.78 is 5.44. The first kappa shape index (κ1) is 18.1. The molecular weight excluding hydrogens is 336 g/mol. The molecule has 0 aliphatic carbocycles. The van der Waals surface area contributed by atoms with E-state index in [1.807, 2.05) is 5.38 Å². The van der Waals surface area contributed by atoms with Crippen molar-refractivity contribution in [2.24, 2.45) is 11.8 Å². The standard InChI is InChI=1S/C18H26N4O2S/c1-2-3-4-16-11-15(22-24-16)9-14-12-19-6-5-13(14)10-17(23)21-18-20-7-8-25-18/h7-8,11,13-14,19H,2-6,9-10,12H2,1H3,(H,20,21,23)/t13-,14-/m0/s1. The summed E-state index contributed by atoms with van der Waals surface area (Å²) in [5.41, 5.74) is 1.00. The molecule has 136 valence electrons. The first-order valence-corrected chi connectivity index (χ1v) is 9.97. The second kappa shape index (κ2) is 9.10. The zero-order valence-electron chi connectivity index (χ0n) is 14.7. The first-order chi connectivity index (χ1) is 12.2. The Bertz CT molecular complexity index is 656. The van der Waals surface area contributed by atoms with Gasteiger partial charge in [0.05, 0.1) is 5.69 Å². The van der Waals surface area contributed by atoms with Gasteiger partial charge in [-0.15, -0.1) is 11.3 Å². The summed E-state index contributed by atoms with van der Waals surface area (Å²) in [4.78, 5) is 16.4. The molecule has 3 rings (SSSR count). The van der Waals surface area contributed by atoms with E-state index in [0.29, 0.717) is 23.4 Å². The average molecular weight is 362 g/mol. The number of piperidine rings is 1. The number of amides is 1. The molecule has 0 bridgehead atoms. The summed E-state index contributed by atoms with van der Waals surface area (Å²) >= 11 is 1.45. The summed E-state index contributed by atoms with van der Waals surface area (Å²) in [5, 5.41) is 13.1. The van der Waals surface area contributed by atoms with Crippen molar-refractivity contribution in [2.45, 2.75) is 45.4 Å². The minimum atomic E-state index is 0.0515. The Morgan fingerprint density at radius 1 is 1.48 bits per heavy atom. The number of nitrogens with one attached hydrogen (secondary N) is 2. The smallest absolute Gasteiger partial charge is 0.226 e. The molecule has 6 nitrogen and oxygen atoms in total. The SMILES string of the molecule is CCCCc1cc(C[C@H]2CNCC[C@H]2CC(=O)Nc2nccs2)no1. The number of nitrogens with zero attached hydrogens (tertiary/aromatic N) is 2. The molecule has 0 saturated carbocycles. The van der Waals surface area contributed by atoms with Gasteiger partial charge in [0.25, 0.3) is 0 Å². The maximum Gasteiger partial charge on any atom is 0.226 e. The van der Waals surface area contributed by atoms with Gasteiger partial charge in [0.1, 0.15) is 5.76 Å². The van der Waals surface area contributed by atoms with E-state index in [1.54, 1.807) is 6.20 Å². The van der Waals surface area contributed by atoms with Gasteiger partial charge >= 0.3 is 0 Å². The number of aromatic nitrogens is 2. The van der Waals surface area contributed by atoms with Crippen LogP contribution in [0.15, 0.2) is 22.2 Å². The molecule has 3 heterocycles. The number of hydrogen-bond acceptors (Lipinski definition) is 6. The van der Waals surface area contributed by atoms with Crippen molar-refractivity contribution in [1.82, 2.24) is 15.5 Å². The molecule has 0 radical (unpaired) electrons. The molecule has 2 N–H and O–H groups in total. The maximum atomic E-state index is 12.3. The quantitative estimate of drug-likeness (QED) is 0.753. The molecule has 0 unspecified atom stereocenters. The van der Waals surface area contributed by atoms with Gasteiger partial charge in [-0.2, -0.15) is 0 Å². The lowest BCUT2D eigenvalue weighted by Gasteiger charge is -2.31. The van der Waals surface area contributed by atoms with Gasteiger partial charge in [-0.3, -0.25) is 4.79 Å². The topological polar surface area (TPSA) is 80.0 Å². The van der Waals surface area contributed by atoms with Gasteiger partial charge in [-0.1, -0.05) is 18.5 Å². The monoisotopic (exact) mass is 362 g/mol. The number of carbonyl (C=O) groups excluding carboxylic acids is 1. The highest BCUT2D eigenvalue weighted by molar-refractivity contribution is 7.13. The number of anilines is 1. The van der Waals surface area contributed by atoms with E-state index in [1.165, 1.54) is 11.3 Å². The second-order valence-corrected chi connectivity index (χ2v) is 7.59. The van der Waals surface area contributed by atoms with Gasteiger partial charge in [0, 0.05) is 30.5 Å². The summed E-state index contributed by atoms with van der Waals surface area (Å²) in [6, 6.07) is 2.08. The number of aryl methyl sites for hydroxylation is 1. The zero-order chi connectivity index (χ0) is 17.5. The van der Waals surface area contributed by atoms with Gasteiger partial charge < -0.3 is 15.2 Å². The highest BCUT2D eigenvalue weighted by atomic mass is 32.1. The Morgan fingerprint density at radius 3 is 3.20 bits per heavy atom. The van der Waals surface area contributed by atoms with E-state index in [0.717, 1.165) is 56.6 Å². The molecule has 1 aliphatic heterocycles. The first-order valence-electron chi connectivity index (χ1n) is 9.09. The van der Waals surface area contributed by atoms with Crippen LogP contribution in [0.1, 0.15) is 44.1 Å². The number of hydrogen-bond donors (Lipinski definition) is 2. The molecule has 2 aromatic rings. The van der Waals surface area contributed by atoms with Gasteiger partial charge in [0.15, 0.2) is 5.13 Å². The van der Waals surface area contributed by atoms with E-state index in [-0.39, 0.29) is 5.91 Å². The van der Waals surface area contributed by atoms with Crippen molar-refractivity contribution in [3.05, 3.63) is 29.1 Å². The highest BCUT2D eigenvalue weighted by Crippen LogP contribution is 2.27. The molecule has 1 fully saturated rings. The molecular formula is C18H26N4O2S. The van der Waals surface area contributed by atoms with Crippen molar-refractivity contribution in [3.8, 4) is 0 Å². The Morgan fingerprint density at radius 2 is 2.40 bits per heavy atom. The Balaban J connectivity index is 1.55. The second-order valence-electron chi connectivity index (χ2n) is 6.69. The Kier molecular flexibility index (Phi) is 6.58. The fourth-order valence-corrected chi connectivity index (χ4v) is 3.91. The minimum absolute atomic E-state index is 0.0515. The maximum absolute atomic E-state index is 12.3. The van der Waals surface area contributed by atoms with Crippen LogP contribution in [0.25, 0.3) is 0 Å². The number of thiazole rings is 1. The van der Waals surface area contributed by atoms with Gasteiger partial charge in [0.2, 0.25) is 5.91 Å². The number of carbonyl (C=O) groups is 1. The largest absolute Gasteiger partial charge is 0.361 e. The fourth-order valence-electron chi connectivity index (χ4n) is 3.37. The van der Waals surface area contributed by atoms with Gasteiger partial charge in [-0.25, -0.2) is 4.98 Å². The summed E-state index contributed by atoms with van der Waals surface area (Å²) in [6.07, 6.45) is 7.33. The molecule has 7 heteroatoms. The fraction of sp³-hybridized carbons (Fsp3) is 0.611. The normalized spacial score (nSPS) is 20.5. The molecule has 2 atom stereocenters. The van der Waals surface area contributed by atoms with Gasteiger partial charge in [-0.05, 0) is 44.2 Å². The number of rotatable bonds is 8. The van der Waals surface area contributed by atoms with E-state index < -0.39 is 0 Å². The van der Waals surface area contributed by atoms with Crippen LogP contribution in [0.3, 0.4) is 0 Å². The Hall–Kier alpha value is -1.73. The third-order valence-corrected chi connectivity index (χ3v) is 5.44. The molecule has 0 aromatic carbocycles. The van der Waals surface area contributed by atoms with Crippen molar-refractivity contribution in [3.63, 3.8) is 0 Å². The van der Waals surface area contributed by atoms with Crippen LogP contribution in [0.2, 0.25) is 0 Å². The zero-order valence-corrected chi connectivity index (χ0v) is 15.5. The number of unbranched alkanes of at least 4 members (excludes halogenated alkanes) is 1. The van der Waals surface area contributed by atoms with Crippen LogP contribution >= 0.6 is 11.3 Å². The van der Waals surface area contributed by atoms with Crippen molar-refractivity contribution in [2.75, 3.05) is 18.4 Å². The third kappa shape index (κ3) is 5.37. The summed E-state index contributed by atoms with van der Waals surface area (Å²) in [7, 11) is 0. The van der Waals surface area contributed by atoms with Crippen molar-refractivity contribution >= 4 is 22.4 Å². The summed E-state index contributed by atoms with van der Waals surface area (Å²) in [6.45, 7) is 4.06. The molecule has 0 spiro atoms. The van der Waals surface area contributed by atoms with Crippen LogP contribution in [0.4, 0.5) is 5.13 Å². The van der Waals surface area contributed by atoms with E-state index >= 15 is 0 Å². The van der Waals surface area contributed by atoms with Crippen molar-refractivity contribution in [1.29, 1.82) is 0 Å². The van der Waals surface area contributed by atoms with Crippen LogP contribution in [-0.2, 0) is 17.6 Å². The van der Waals surface area contributed by atoms with Crippen molar-refractivity contribution < 1.29 is 9.32 Å². The average Bonchev–Trinajstić information content (AvgIpc) is 3.27. The third-order valence-electron chi connectivity index (χ3n) is 4.75. The lowest BCUT2D eigenvalue weighted by Crippen LogP contribution is -2.39. The highest BCUT2D eigenvalue weighted by Gasteiger charge is 2.28. The van der Waals surface area contributed by atoms with E-state index in [2.05, 4.69) is 33.8 Å². The van der Waals surface area contributed by atoms with E-state index in [9.17, 15) is 4.79 Å². The van der Waals surface area contributed by atoms with Crippen LogP contribution in [0.5, 0.6) is 0 Å². The lowest BCUT2D eigenvalue weighted by atomic mass is 9.81. The molecule has 1 aliphatic rings. The molecule has 1 amide bonds. The minimum Gasteiger partial charge on any atom is -0.361 e. The summed E-state index contributed by atoms with van der Waals surface area (Å²) in [5.74, 6) is 1.78. The van der Waals surface area contributed by atoms with E-state index in [4.69, 9.17) is 4.52 Å². The molecule has 1 saturated heterocycles. The molecule has 2 aromatic heterocycles. The van der Waals surface area contributed by atoms with Crippen LogP contribution in [0, 0.1) is 11.8 Å². The predicted octanol–water partition coefficient (Wildman–Crippen LogP) is 3.27. The predicted molar refractivity (Wildman–Crippen MR) is 98.6 cm³/mol.